The Kier molecular flexibility index (Phi) is 5.58. The molecule has 1 saturated heterocycles. The molecular weight excluding hydrogens is 352 g/mol. The summed E-state index contributed by atoms with van der Waals surface area (Å²) >= 11 is 0. The van der Waals surface area contributed by atoms with E-state index in [9.17, 15) is 9.59 Å². The zero-order valence-electron chi connectivity index (χ0n) is 15.9. The maximum Gasteiger partial charge on any atom is 0.322 e. The maximum absolute atomic E-state index is 13.0. The van der Waals surface area contributed by atoms with Crippen molar-refractivity contribution in [3.05, 3.63) is 60.2 Å². The smallest absolute Gasteiger partial charge is 0.322 e. The molecule has 2 N–H and O–H groups in total. The van der Waals surface area contributed by atoms with Gasteiger partial charge in [-0.05, 0) is 56.1 Å². The van der Waals surface area contributed by atoms with E-state index in [-0.39, 0.29) is 11.9 Å². The van der Waals surface area contributed by atoms with Crippen LogP contribution in [0, 0.1) is 5.92 Å². The third-order valence-electron chi connectivity index (χ3n) is 5.52. The molecule has 2 aromatic rings. The minimum atomic E-state index is -0.0854. The van der Waals surface area contributed by atoms with Crippen molar-refractivity contribution in [2.24, 2.45) is 5.92 Å². The summed E-state index contributed by atoms with van der Waals surface area (Å²) in [5, 5.41) is 6.44. The van der Waals surface area contributed by atoms with E-state index in [1.165, 1.54) is 0 Å². The summed E-state index contributed by atoms with van der Waals surface area (Å²) in [6.45, 7) is 3.69. The van der Waals surface area contributed by atoms with Crippen molar-refractivity contribution in [1.29, 1.82) is 0 Å². The van der Waals surface area contributed by atoms with E-state index in [4.69, 9.17) is 0 Å². The highest BCUT2D eigenvalue weighted by Gasteiger charge is 2.30. The standard InChI is InChI=1S/C22H26N4O2/c27-21(18-6-2-1-3-7-18)25-14-15-26(20-9-5-4-8-19(20)25)22(28)24-16-17-10-12-23-13-11-17/h1-9,17,23H,10-16H2,(H,24,28). The van der Waals surface area contributed by atoms with Gasteiger partial charge in [-0.25, -0.2) is 4.79 Å². The molecule has 0 aromatic heterocycles. The van der Waals surface area contributed by atoms with Gasteiger partial charge in [0, 0.05) is 25.2 Å². The van der Waals surface area contributed by atoms with Gasteiger partial charge in [-0.1, -0.05) is 30.3 Å². The first-order chi connectivity index (χ1) is 13.7. The van der Waals surface area contributed by atoms with E-state index >= 15 is 0 Å². The highest BCUT2D eigenvalue weighted by molar-refractivity contribution is 6.10. The van der Waals surface area contributed by atoms with E-state index in [0.717, 1.165) is 37.3 Å². The Bertz CT molecular complexity index is 833. The molecule has 0 spiro atoms. The first-order valence-electron chi connectivity index (χ1n) is 9.96. The number of fused-ring (bicyclic) bond motifs is 1. The van der Waals surface area contributed by atoms with Crippen molar-refractivity contribution >= 4 is 23.3 Å². The Morgan fingerprint density at radius 1 is 0.893 bits per heavy atom. The summed E-state index contributed by atoms with van der Waals surface area (Å²) in [4.78, 5) is 29.3. The molecule has 146 valence electrons. The number of urea groups is 1. The van der Waals surface area contributed by atoms with Gasteiger partial charge in [-0.2, -0.15) is 0 Å². The van der Waals surface area contributed by atoms with Crippen LogP contribution < -0.4 is 20.4 Å². The summed E-state index contributed by atoms with van der Waals surface area (Å²) < 4.78 is 0. The average molecular weight is 378 g/mol. The molecule has 3 amide bonds. The van der Waals surface area contributed by atoms with Crippen molar-refractivity contribution in [3.63, 3.8) is 0 Å². The Balaban J connectivity index is 1.49. The fourth-order valence-electron chi connectivity index (χ4n) is 3.93. The normalized spacial score (nSPS) is 17.1. The molecule has 4 rings (SSSR count). The zero-order chi connectivity index (χ0) is 19.3. The van der Waals surface area contributed by atoms with Crippen LogP contribution >= 0.6 is 0 Å². The van der Waals surface area contributed by atoms with Crippen molar-refractivity contribution in [2.75, 3.05) is 42.5 Å². The molecule has 2 heterocycles. The topological polar surface area (TPSA) is 64.7 Å². The second-order valence-corrected chi connectivity index (χ2v) is 7.34. The van der Waals surface area contributed by atoms with Gasteiger partial charge in [0.05, 0.1) is 11.4 Å². The number of hydrogen-bond donors (Lipinski definition) is 2. The summed E-state index contributed by atoms with van der Waals surface area (Å²) in [7, 11) is 0. The molecule has 0 unspecified atom stereocenters. The molecule has 6 nitrogen and oxygen atoms in total. The van der Waals surface area contributed by atoms with Crippen LogP contribution in [0.3, 0.4) is 0 Å². The number of amides is 3. The largest absolute Gasteiger partial charge is 0.337 e. The number of para-hydroxylation sites is 2. The van der Waals surface area contributed by atoms with Crippen LogP contribution in [0.25, 0.3) is 0 Å². The highest BCUT2D eigenvalue weighted by Crippen LogP contribution is 2.33. The summed E-state index contributed by atoms with van der Waals surface area (Å²) in [5.74, 6) is 0.490. The van der Waals surface area contributed by atoms with E-state index < -0.39 is 0 Å². The number of benzene rings is 2. The van der Waals surface area contributed by atoms with E-state index in [2.05, 4.69) is 10.6 Å². The van der Waals surface area contributed by atoms with Gasteiger partial charge in [-0.15, -0.1) is 0 Å². The predicted octanol–water partition coefficient (Wildman–Crippen LogP) is 2.86. The lowest BCUT2D eigenvalue weighted by Crippen LogP contribution is -2.50. The Morgan fingerprint density at radius 2 is 1.50 bits per heavy atom. The molecular formula is C22H26N4O2. The van der Waals surface area contributed by atoms with E-state index in [0.29, 0.717) is 31.1 Å². The van der Waals surface area contributed by atoms with Crippen LogP contribution in [-0.4, -0.2) is 44.7 Å². The molecule has 0 saturated carbocycles. The Hall–Kier alpha value is -2.86. The Morgan fingerprint density at radius 3 is 2.21 bits per heavy atom. The third-order valence-corrected chi connectivity index (χ3v) is 5.52. The molecule has 0 radical (unpaired) electrons. The van der Waals surface area contributed by atoms with Crippen LogP contribution in [0.2, 0.25) is 0 Å². The monoisotopic (exact) mass is 378 g/mol. The van der Waals surface area contributed by atoms with Gasteiger partial charge in [-0.3, -0.25) is 9.69 Å². The summed E-state index contributed by atoms with van der Waals surface area (Å²) in [5.41, 5.74) is 2.21. The lowest BCUT2D eigenvalue weighted by Gasteiger charge is -2.36. The van der Waals surface area contributed by atoms with Crippen LogP contribution in [-0.2, 0) is 0 Å². The van der Waals surface area contributed by atoms with E-state index in [1.54, 1.807) is 9.80 Å². The van der Waals surface area contributed by atoms with Gasteiger partial charge in [0.15, 0.2) is 0 Å². The molecule has 0 bridgehead atoms. The van der Waals surface area contributed by atoms with Gasteiger partial charge in [0.1, 0.15) is 0 Å². The molecule has 0 aliphatic carbocycles. The molecule has 6 heteroatoms. The summed E-state index contributed by atoms with van der Waals surface area (Å²) in [6, 6.07) is 16.8. The first-order valence-corrected chi connectivity index (χ1v) is 9.96. The lowest BCUT2D eigenvalue weighted by atomic mass is 9.98. The number of hydrogen-bond acceptors (Lipinski definition) is 3. The maximum atomic E-state index is 13.0. The van der Waals surface area contributed by atoms with Crippen LogP contribution in [0.4, 0.5) is 16.2 Å². The van der Waals surface area contributed by atoms with E-state index in [1.807, 2.05) is 54.6 Å². The minimum Gasteiger partial charge on any atom is -0.337 e. The number of piperidine rings is 1. The van der Waals surface area contributed by atoms with Gasteiger partial charge in [0.25, 0.3) is 5.91 Å². The average Bonchev–Trinajstić information content (AvgIpc) is 2.77. The van der Waals surface area contributed by atoms with Gasteiger partial charge < -0.3 is 15.5 Å². The first kappa shape index (κ1) is 18.5. The van der Waals surface area contributed by atoms with Gasteiger partial charge >= 0.3 is 6.03 Å². The SMILES string of the molecule is O=C(NCC1CCNCC1)N1CCN(C(=O)c2ccccc2)c2ccccc21. The molecule has 2 aliphatic rings. The molecule has 28 heavy (non-hydrogen) atoms. The van der Waals surface area contributed by atoms with Gasteiger partial charge in [0.2, 0.25) is 0 Å². The number of carbonyl (C=O) groups excluding carboxylic acids is 2. The second kappa shape index (κ2) is 8.44. The molecule has 2 aromatic carbocycles. The second-order valence-electron chi connectivity index (χ2n) is 7.34. The van der Waals surface area contributed by atoms with Crippen molar-refractivity contribution < 1.29 is 9.59 Å². The number of carbonyl (C=O) groups is 2. The molecule has 0 atom stereocenters. The minimum absolute atomic E-state index is 0.0391. The molecule has 2 aliphatic heterocycles. The van der Waals surface area contributed by atoms with Crippen molar-refractivity contribution in [3.8, 4) is 0 Å². The fourth-order valence-corrected chi connectivity index (χ4v) is 3.93. The highest BCUT2D eigenvalue weighted by atomic mass is 16.2. The quantitative estimate of drug-likeness (QED) is 0.863. The fraction of sp³-hybridized carbons (Fsp3) is 0.364. The third kappa shape index (κ3) is 3.87. The number of nitrogens with one attached hydrogen (secondary N) is 2. The summed E-state index contributed by atoms with van der Waals surface area (Å²) in [6.07, 6.45) is 2.19. The van der Waals surface area contributed by atoms with Crippen molar-refractivity contribution in [2.45, 2.75) is 12.8 Å². The zero-order valence-corrected chi connectivity index (χ0v) is 15.9. The number of nitrogens with zero attached hydrogens (tertiary/aromatic N) is 2. The number of rotatable bonds is 3. The lowest BCUT2D eigenvalue weighted by molar-refractivity contribution is 0.0986. The molecule has 1 fully saturated rings. The van der Waals surface area contributed by atoms with Crippen molar-refractivity contribution in [1.82, 2.24) is 10.6 Å². The Labute approximate surface area is 165 Å². The number of anilines is 2. The van der Waals surface area contributed by atoms with Crippen LogP contribution in [0.15, 0.2) is 54.6 Å². The predicted molar refractivity (Wildman–Crippen MR) is 111 cm³/mol. The van der Waals surface area contributed by atoms with Crippen LogP contribution in [0.1, 0.15) is 23.2 Å². The van der Waals surface area contributed by atoms with Crippen LogP contribution in [0.5, 0.6) is 0 Å².